The van der Waals surface area contributed by atoms with Crippen LogP contribution in [-0.2, 0) is 0 Å². The molecule has 2 rings (SSSR count). The van der Waals surface area contributed by atoms with Crippen LogP contribution in [0.4, 0.5) is 0 Å². The van der Waals surface area contributed by atoms with Crippen molar-refractivity contribution >= 4 is 6.08 Å². The monoisotopic (exact) mass is 248 g/mol. The van der Waals surface area contributed by atoms with E-state index in [1.54, 1.807) is 0 Å². The Kier molecular flexibility index (Phi) is 4.55. The Labute approximate surface area is 114 Å². The van der Waals surface area contributed by atoms with Gasteiger partial charge in [-0.3, -0.25) is 0 Å². The second-order valence-corrected chi connectivity index (χ2v) is 4.34. The summed E-state index contributed by atoms with van der Waals surface area (Å²) in [6, 6.07) is 19.6. The lowest BCUT2D eigenvalue weighted by atomic mass is 10.1. The van der Waals surface area contributed by atoms with Gasteiger partial charge >= 0.3 is 0 Å². The molecule has 1 nitrogen and oxygen atoms in total. The zero-order chi connectivity index (χ0) is 13.5. The number of aliphatic hydroxyl groups excluding tert-OH is 1. The lowest BCUT2D eigenvalue weighted by Crippen LogP contribution is -2.04. The molecule has 0 amide bonds. The van der Waals surface area contributed by atoms with Gasteiger partial charge in [-0.2, -0.15) is 0 Å². The van der Waals surface area contributed by atoms with Crippen LogP contribution >= 0.6 is 0 Å². The lowest BCUT2D eigenvalue weighted by molar-refractivity contribution is 0.269. The van der Waals surface area contributed by atoms with E-state index in [9.17, 15) is 5.11 Å². The Morgan fingerprint density at radius 1 is 1.00 bits per heavy atom. The Balaban J connectivity index is 2.10. The summed E-state index contributed by atoms with van der Waals surface area (Å²) in [4.78, 5) is 0. The fourth-order valence-corrected chi connectivity index (χ4v) is 1.68. The van der Waals surface area contributed by atoms with Gasteiger partial charge in [0.2, 0.25) is 0 Å². The van der Waals surface area contributed by atoms with Gasteiger partial charge in [0.15, 0.2) is 0 Å². The molecule has 0 aliphatic carbocycles. The number of aliphatic hydroxyl groups is 1. The molecule has 94 valence electrons. The molecule has 0 aliphatic rings. The number of benzene rings is 2. The molecule has 0 radical (unpaired) electrons. The van der Waals surface area contributed by atoms with E-state index in [4.69, 9.17) is 0 Å². The molecule has 0 fully saturated rings. The molecule has 1 N–H and O–H groups in total. The molecule has 19 heavy (non-hydrogen) atoms. The third kappa shape index (κ3) is 4.13. The first-order valence-corrected chi connectivity index (χ1v) is 6.23. The van der Waals surface area contributed by atoms with Crippen LogP contribution in [0.2, 0.25) is 0 Å². The Hall–Kier alpha value is -2.30. The number of hydrogen-bond acceptors (Lipinski definition) is 1. The SMILES string of the molecule is C/C(=C\c1ccccc1)[C@@H](O)C#Cc1ccccc1. The first kappa shape index (κ1) is 13.1. The molecule has 1 atom stereocenters. The van der Waals surface area contributed by atoms with E-state index < -0.39 is 6.10 Å². The van der Waals surface area contributed by atoms with Crippen LogP contribution < -0.4 is 0 Å². The van der Waals surface area contributed by atoms with Crippen molar-refractivity contribution in [2.75, 3.05) is 0 Å². The molecule has 0 heterocycles. The summed E-state index contributed by atoms with van der Waals surface area (Å²) in [6.07, 6.45) is 1.21. The predicted molar refractivity (Wildman–Crippen MR) is 79.4 cm³/mol. The van der Waals surface area contributed by atoms with E-state index in [0.717, 1.165) is 16.7 Å². The summed E-state index contributed by atoms with van der Waals surface area (Å²) in [6.45, 7) is 1.89. The van der Waals surface area contributed by atoms with Gasteiger partial charge in [-0.25, -0.2) is 0 Å². The van der Waals surface area contributed by atoms with Crippen LogP contribution in [-0.4, -0.2) is 11.2 Å². The molecule has 2 aromatic rings. The highest BCUT2D eigenvalue weighted by atomic mass is 16.3. The molecule has 1 heteroatoms. The van der Waals surface area contributed by atoms with Crippen molar-refractivity contribution in [1.82, 2.24) is 0 Å². The van der Waals surface area contributed by atoms with Crippen molar-refractivity contribution in [1.29, 1.82) is 0 Å². The van der Waals surface area contributed by atoms with Crippen molar-refractivity contribution < 1.29 is 5.11 Å². The van der Waals surface area contributed by atoms with Gasteiger partial charge in [0, 0.05) is 5.56 Å². The van der Waals surface area contributed by atoms with Crippen LogP contribution in [0.25, 0.3) is 6.08 Å². The zero-order valence-electron chi connectivity index (χ0n) is 10.9. The first-order chi connectivity index (χ1) is 9.25. The summed E-state index contributed by atoms with van der Waals surface area (Å²) in [5, 5.41) is 10.00. The first-order valence-electron chi connectivity index (χ1n) is 6.23. The largest absolute Gasteiger partial charge is 0.376 e. The highest BCUT2D eigenvalue weighted by Crippen LogP contribution is 2.09. The third-order valence-corrected chi connectivity index (χ3v) is 2.75. The van der Waals surface area contributed by atoms with Crippen molar-refractivity contribution in [3.8, 4) is 11.8 Å². The van der Waals surface area contributed by atoms with E-state index in [1.165, 1.54) is 0 Å². The Bertz CT molecular complexity index is 600. The number of rotatable bonds is 2. The normalized spacial score (nSPS) is 12.4. The van der Waals surface area contributed by atoms with Gasteiger partial charge in [0.05, 0.1) is 0 Å². The minimum atomic E-state index is -0.736. The molecule has 0 unspecified atom stereocenters. The second kappa shape index (κ2) is 6.58. The quantitative estimate of drug-likeness (QED) is 0.806. The summed E-state index contributed by atoms with van der Waals surface area (Å²) >= 11 is 0. The molecule has 0 spiro atoms. The molecule has 0 aromatic heterocycles. The second-order valence-electron chi connectivity index (χ2n) is 4.34. The van der Waals surface area contributed by atoms with Crippen molar-refractivity contribution in [2.24, 2.45) is 0 Å². The summed E-state index contributed by atoms with van der Waals surface area (Å²) in [7, 11) is 0. The molecular weight excluding hydrogens is 232 g/mol. The van der Waals surface area contributed by atoms with Gasteiger partial charge in [0.25, 0.3) is 0 Å². The van der Waals surface area contributed by atoms with E-state index in [0.29, 0.717) is 0 Å². The highest BCUT2D eigenvalue weighted by molar-refractivity contribution is 5.54. The molecule has 0 saturated carbocycles. The minimum Gasteiger partial charge on any atom is -0.376 e. The maximum absolute atomic E-state index is 10.00. The topological polar surface area (TPSA) is 20.2 Å². The van der Waals surface area contributed by atoms with E-state index in [1.807, 2.05) is 73.7 Å². The predicted octanol–water partition coefficient (Wildman–Crippen LogP) is 3.50. The molecular formula is C18H16O. The maximum atomic E-state index is 10.00. The summed E-state index contributed by atoms with van der Waals surface area (Å²) in [5.41, 5.74) is 2.82. The number of hydrogen-bond donors (Lipinski definition) is 1. The van der Waals surface area contributed by atoms with Crippen molar-refractivity contribution in [2.45, 2.75) is 13.0 Å². The maximum Gasteiger partial charge on any atom is 0.136 e. The van der Waals surface area contributed by atoms with E-state index >= 15 is 0 Å². The summed E-state index contributed by atoms with van der Waals surface area (Å²) in [5.74, 6) is 5.83. The average molecular weight is 248 g/mol. The minimum absolute atomic E-state index is 0.736. The van der Waals surface area contributed by atoms with Gasteiger partial charge in [-0.1, -0.05) is 66.4 Å². The fourth-order valence-electron chi connectivity index (χ4n) is 1.68. The van der Waals surface area contributed by atoms with Crippen molar-refractivity contribution in [3.63, 3.8) is 0 Å². The zero-order valence-corrected chi connectivity index (χ0v) is 10.9. The van der Waals surface area contributed by atoms with Crippen LogP contribution in [0.15, 0.2) is 66.2 Å². The van der Waals surface area contributed by atoms with Gasteiger partial charge in [-0.05, 0) is 30.2 Å². The van der Waals surface area contributed by atoms with Crippen LogP contribution in [0.5, 0.6) is 0 Å². The molecule has 2 aromatic carbocycles. The Morgan fingerprint density at radius 3 is 2.21 bits per heavy atom. The fraction of sp³-hybridized carbons (Fsp3) is 0.111. The molecule has 0 aliphatic heterocycles. The third-order valence-electron chi connectivity index (χ3n) is 2.75. The highest BCUT2D eigenvalue weighted by Gasteiger charge is 2.01. The Morgan fingerprint density at radius 2 is 1.58 bits per heavy atom. The van der Waals surface area contributed by atoms with Gasteiger partial charge in [0.1, 0.15) is 6.10 Å². The van der Waals surface area contributed by atoms with Crippen molar-refractivity contribution in [3.05, 3.63) is 77.4 Å². The van der Waals surface area contributed by atoms with E-state index in [2.05, 4.69) is 11.8 Å². The lowest BCUT2D eigenvalue weighted by Gasteiger charge is -2.03. The van der Waals surface area contributed by atoms with Crippen LogP contribution in [0, 0.1) is 11.8 Å². The summed E-state index contributed by atoms with van der Waals surface area (Å²) < 4.78 is 0. The van der Waals surface area contributed by atoms with Gasteiger partial charge < -0.3 is 5.11 Å². The van der Waals surface area contributed by atoms with Crippen LogP contribution in [0.1, 0.15) is 18.1 Å². The standard InChI is InChI=1S/C18H16O/c1-15(14-17-10-6-3-7-11-17)18(19)13-12-16-8-4-2-5-9-16/h2-11,14,18-19H,1H3/b15-14+/t18-/m0/s1. The molecule has 0 bridgehead atoms. The van der Waals surface area contributed by atoms with Gasteiger partial charge in [-0.15, -0.1) is 0 Å². The smallest absolute Gasteiger partial charge is 0.136 e. The molecule has 0 saturated heterocycles. The van der Waals surface area contributed by atoms with Crippen LogP contribution in [0.3, 0.4) is 0 Å². The van der Waals surface area contributed by atoms with E-state index in [-0.39, 0.29) is 0 Å². The average Bonchev–Trinajstić information content (AvgIpc) is 2.47.